The zero-order chi connectivity index (χ0) is 8.10. The summed E-state index contributed by atoms with van der Waals surface area (Å²) >= 11 is 0. The van der Waals surface area contributed by atoms with E-state index in [4.69, 9.17) is 5.11 Å². The van der Waals surface area contributed by atoms with Gasteiger partial charge in [0.1, 0.15) is 0 Å². The number of aliphatic hydroxyl groups is 1. The molecule has 1 atom stereocenters. The molecular formula is C10H18O. The van der Waals surface area contributed by atoms with Crippen LogP contribution >= 0.6 is 0 Å². The van der Waals surface area contributed by atoms with E-state index in [-0.39, 0.29) is 6.10 Å². The maximum atomic E-state index is 9.12. The molecule has 0 aromatic carbocycles. The van der Waals surface area contributed by atoms with Crippen LogP contribution < -0.4 is 0 Å². The molecule has 1 rings (SSSR count). The van der Waals surface area contributed by atoms with E-state index in [9.17, 15) is 0 Å². The largest absolute Gasteiger partial charge is 0.389 e. The summed E-state index contributed by atoms with van der Waals surface area (Å²) in [6.07, 6.45) is 9.58. The van der Waals surface area contributed by atoms with Crippen molar-refractivity contribution >= 4 is 0 Å². The maximum absolute atomic E-state index is 9.12. The quantitative estimate of drug-likeness (QED) is 0.454. The molecule has 1 unspecified atom stereocenters. The average Bonchev–Trinajstić information content (AvgIpc) is 2.14. The Morgan fingerprint density at radius 1 is 1.18 bits per heavy atom. The van der Waals surface area contributed by atoms with Crippen LogP contribution in [-0.4, -0.2) is 11.2 Å². The number of hydrogen-bond donors (Lipinski definition) is 1. The Labute approximate surface area is 69.1 Å². The molecule has 1 aliphatic rings. The molecule has 1 nitrogen and oxygen atoms in total. The van der Waals surface area contributed by atoms with E-state index in [0.29, 0.717) is 0 Å². The number of hydrogen-bond acceptors (Lipinski definition) is 1. The van der Waals surface area contributed by atoms with Crippen LogP contribution in [0.4, 0.5) is 0 Å². The lowest BCUT2D eigenvalue weighted by Gasteiger charge is -2.03. The van der Waals surface area contributed by atoms with E-state index in [2.05, 4.69) is 0 Å². The molecule has 11 heavy (non-hydrogen) atoms. The Morgan fingerprint density at radius 3 is 2.18 bits per heavy atom. The monoisotopic (exact) mass is 154 g/mol. The maximum Gasteiger partial charge on any atom is 0.0695 e. The number of rotatable bonds is 1. The topological polar surface area (TPSA) is 20.2 Å². The van der Waals surface area contributed by atoms with Gasteiger partial charge in [-0.2, -0.15) is 0 Å². The second kappa shape index (κ2) is 4.55. The third kappa shape index (κ3) is 3.57. The molecule has 1 saturated carbocycles. The summed E-state index contributed by atoms with van der Waals surface area (Å²) in [7, 11) is 0. The number of aliphatic hydroxyl groups excluding tert-OH is 1. The van der Waals surface area contributed by atoms with Crippen molar-refractivity contribution in [3.05, 3.63) is 11.6 Å². The molecule has 64 valence electrons. The standard InChI is InChI=1S/C10H18O/c1-9(11)8-10-6-4-2-3-5-7-10/h8-9,11H,2-7H2,1H3. The van der Waals surface area contributed by atoms with Crippen LogP contribution in [0.25, 0.3) is 0 Å². The van der Waals surface area contributed by atoms with Gasteiger partial charge in [-0.15, -0.1) is 0 Å². The lowest BCUT2D eigenvalue weighted by molar-refractivity contribution is 0.242. The summed E-state index contributed by atoms with van der Waals surface area (Å²) in [5, 5.41) is 9.12. The Balaban J connectivity index is 2.42. The van der Waals surface area contributed by atoms with Crippen LogP contribution in [-0.2, 0) is 0 Å². The van der Waals surface area contributed by atoms with Gasteiger partial charge in [0, 0.05) is 0 Å². The fourth-order valence-electron chi connectivity index (χ4n) is 1.69. The van der Waals surface area contributed by atoms with Crippen LogP contribution in [0.3, 0.4) is 0 Å². The molecule has 0 spiro atoms. The third-order valence-electron chi connectivity index (χ3n) is 2.22. The minimum absolute atomic E-state index is 0.247. The molecule has 1 aliphatic carbocycles. The van der Waals surface area contributed by atoms with Gasteiger partial charge in [0.05, 0.1) is 6.10 Å². The second-order valence-corrected chi connectivity index (χ2v) is 3.48. The van der Waals surface area contributed by atoms with Crippen molar-refractivity contribution in [2.24, 2.45) is 0 Å². The minimum atomic E-state index is -0.247. The van der Waals surface area contributed by atoms with E-state index in [1.54, 1.807) is 0 Å². The van der Waals surface area contributed by atoms with Crippen molar-refractivity contribution in [3.63, 3.8) is 0 Å². The smallest absolute Gasteiger partial charge is 0.0695 e. The SMILES string of the molecule is CC(O)C=C1CCCCCC1. The summed E-state index contributed by atoms with van der Waals surface area (Å²) < 4.78 is 0. The van der Waals surface area contributed by atoms with Crippen molar-refractivity contribution in [1.82, 2.24) is 0 Å². The van der Waals surface area contributed by atoms with Gasteiger partial charge in [0.15, 0.2) is 0 Å². The van der Waals surface area contributed by atoms with Crippen molar-refractivity contribution < 1.29 is 5.11 Å². The highest BCUT2D eigenvalue weighted by molar-refractivity contribution is 5.05. The molecule has 0 amide bonds. The summed E-state index contributed by atoms with van der Waals surface area (Å²) in [5.41, 5.74) is 1.47. The molecule has 1 N–H and O–H groups in total. The van der Waals surface area contributed by atoms with Gasteiger partial charge in [-0.25, -0.2) is 0 Å². The molecule has 1 fully saturated rings. The molecule has 0 saturated heterocycles. The van der Waals surface area contributed by atoms with Gasteiger partial charge in [-0.3, -0.25) is 0 Å². The Hall–Kier alpha value is -0.300. The van der Waals surface area contributed by atoms with Crippen molar-refractivity contribution in [2.45, 2.75) is 51.6 Å². The zero-order valence-corrected chi connectivity index (χ0v) is 7.34. The third-order valence-corrected chi connectivity index (χ3v) is 2.22. The number of allylic oxidation sites excluding steroid dienone is 1. The molecule has 0 aliphatic heterocycles. The fourth-order valence-corrected chi connectivity index (χ4v) is 1.69. The molecule has 0 bridgehead atoms. The van der Waals surface area contributed by atoms with Gasteiger partial charge in [-0.05, 0) is 32.6 Å². The van der Waals surface area contributed by atoms with Gasteiger partial charge < -0.3 is 5.11 Å². The van der Waals surface area contributed by atoms with Gasteiger partial charge in [0.25, 0.3) is 0 Å². The summed E-state index contributed by atoms with van der Waals surface area (Å²) in [4.78, 5) is 0. The molecule has 0 aromatic heterocycles. The highest BCUT2D eigenvalue weighted by Crippen LogP contribution is 2.22. The van der Waals surface area contributed by atoms with Crippen LogP contribution in [0.1, 0.15) is 45.4 Å². The first-order valence-electron chi connectivity index (χ1n) is 4.66. The van der Waals surface area contributed by atoms with E-state index in [0.717, 1.165) is 0 Å². The predicted octanol–water partition coefficient (Wildman–Crippen LogP) is 2.65. The first-order chi connectivity index (χ1) is 5.29. The Kier molecular flexibility index (Phi) is 3.64. The highest BCUT2D eigenvalue weighted by atomic mass is 16.3. The van der Waals surface area contributed by atoms with Crippen LogP contribution in [0.15, 0.2) is 11.6 Å². The predicted molar refractivity (Wildman–Crippen MR) is 47.5 cm³/mol. The molecule has 1 heteroatoms. The summed E-state index contributed by atoms with van der Waals surface area (Å²) in [6.45, 7) is 1.83. The highest BCUT2D eigenvalue weighted by Gasteiger charge is 2.04. The van der Waals surface area contributed by atoms with Crippen molar-refractivity contribution in [1.29, 1.82) is 0 Å². The fraction of sp³-hybridized carbons (Fsp3) is 0.800. The van der Waals surface area contributed by atoms with Gasteiger partial charge in [-0.1, -0.05) is 24.5 Å². The molecule has 0 aromatic rings. The van der Waals surface area contributed by atoms with Gasteiger partial charge in [0.2, 0.25) is 0 Å². The lowest BCUT2D eigenvalue weighted by atomic mass is 10.1. The minimum Gasteiger partial charge on any atom is -0.389 e. The van der Waals surface area contributed by atoms with E-state index in [1.807, 2.05) is 13.0 Å². The van der Waals surface area contributed by atoms with E-state index < -0.39 is 0 Å². The lowest BCUT2D eigenvalue weighted by Crippen LogP contribution is -1.95. The van der Waals surface area contributed by atoms with Crippen LogP contribution in [0.5, 0.6) is 0 Å². The van der Waals surface area contributed by atoms with Crippen LogP contribution in [0.2, 0.25) is 0 Å². The molecular weight excluding hydrogens is 136 g/mol. The second-order valence-electron chi connectivity index (χ2n) is 3.48. The summed E-state index contributed by atoms with van der Waals surface area (Å²) in [5.74, 6) is 0. The molecule has 0 heterocycles. The normalized spacial score (nSPS) is 22.5. The first kappa shape index (κ1) is 8.79. The van der Waals surface area contributed by atoms with Gasteiger partial charge >= 0.3 is 0 Å². The van der Waals surface area contributed by atoms with E-state index in [1.165, 1.54) is 44.1 Å². The van der Waals surface area contributed by atoms with Crippen LogP contribution in [0, 0.1) is 0 Å². The van der Waals surface area contributed by atoms with Crippen molar-refractivity contribution in [2.75, 3.05) is 0 Å². The first-order valence-corrected chi connectivity index (χ1v) is 4.66. The summed E-state index contributed by atoms with van der Waals surface area (Å²) in [6, 6.07) is 0. The average molecular weight is 154 g/mol. The Morgan fingerprint density at radius 2 is 1.73 bits per heavy atom. The molecule has 0 radical (unpaired) electrons. The Bertz CT molecular complexity index is 126. The zero-order valence-electron chi connectivity index (χ0n) is 7.34. The van der Waals surface area contributed by atoms with E-state index >= 15 is 0 Å². The van der Waals surface area contributed by atoms with Crippen molar-refractivity contribution in [3.8, 4) is 0 Å².